The summed E-state index contributed by atoms with van der Waals surface area (Å²) in [6.45, 7) is 0.603. The van der Waals surface area contributed by atoms with Crippen LogP contribution in [0.5, 0.6) is 0 Å². The van der Waals surface area contributed by atoms with Gasteiger partial charge in [0.05, 0.1) is 5.69 Å². The lowest BCUT2D eigenvalue weighted by Gasteiger charge is -2.18. The molecule has 3 aromatic carbocycles. The molecule has 0 fully saturated rings. The monoisotopic (exact) mass is 550 g/mol. The Morgan fingerprint density at radius 1 is 0.950 bits per heavy atom. The molecule has 11 heteroatoms. The number of aliphatic carboxylic acids is 1. The Morgan fingerprint density at radius 3 is 2.23 bits per heavy atom. The zero-order valence-electron chi connectivity index (χ0n) is 22.1. The number of carbonyl (C=O) groups is 2. The molecule has 1 aromatic heterocycles. The Bertz CT molecular complexity index is 1710. The lowest BCUT2D eigenvalue weighted by atomic mass is 9.97. The fourth-order valence-electron chi connectivity index (χ4n) is 4.56. The van der Waals surface area contributed by atoms with Gasteiger partial charge in [0.25, 0.3) is 11.5 Å². The van der Waals surface area contributed by atoms with Gasteiger partial charge in [-0.2, -0.15) is 0 Å². The third kappa shape index (κ3) is 5.69. The average molecular weight is 551 g/mol. The van der Waals surface area contributed by atoms with Crippen LogP contribution in [0.1, 0.15) is 21.5 Å². The molecule has 0 radical (unpaired) electrons. The van der Waals surface area contributed by atoms with E-state index in [1.165, 1.54) is 10.8 Å². The maximum Gasteiger partial charge on any atom is 0.335 e. The van der Waals surface area contributed by atoms with Crippen LogP contribution in [0.3, 0.4) is 0 Å². The van der Waals surface area contributed by atoms with E-state index in [2.05, 4.69) is 5.32 Å². The number of benzene rings is 3. The van der Waals surface area contributed by atoms with Gasteiger partial charge in [0, 0.05) is 37.2 Å². The molecule has 1 atom stereocenters. The number of amides is 1. The van der Waals surface area contributed by atoms with Crippen molar-refractivity contribution in [1.82, 2.24) is 19.4 Å². The Morgan fingerprint density at radius 2 is 1.57 bits per heavy atom. The molecule has 4 rings (SSSR count). The molecular weight excluding hydrogens is 522 g/mol. The summed E-state index contributed by atoms with van der Waals surface area (Å²) < 4.78 is 30.6. The molecule has 0 bridgehead atoms. The van der Waals surface area contributed by atoms with Gasteiger partial charge in [-0.3, -0.25) is 9.59 Å². The quantitative estimate of drug-likeness (QED) is 0.331. The summed E-state index contributed by atoms with van der Waals surface area (Å²) in [4.78, 5) is 53.1. The minimum Gasteiger partial charge on any atom is -0.480 e. The van der Waals surface area contributed by atoms with Gasteiger partial charge in [0.1, 0.15) is 23.2 Å². The topological polar surface area (TPSA) is 114 Å². The van der Waals surface area contributed by atoms with Crippen molar-refractivity contribution in [3.8, 4) is 5.69 Å². The number of hydrogen-bond acceptors (Lipinski definition) is 5. The van der Waals surface area contributed by atoms with E-state index >= 15 is 0 Å². The maximum absolute atomic E-state index is 14.1. The van der Waals surface area contributed by atoms with Gasteiger partial charge in [-0.05, 0) is 49.7 Å². The second-order valence-electron chi connectivity index (χ2n) is 9.70. The highest BCUT2D eigenvalue weighted by atomic mass is 19.1. The van der Waals surface area contributed by atoms with Crippen molar-refractivity contribution in [1.29, 1.82) is 0 Å². The molecule has 9 nitrogen and oxygen atoms in total. The second kappa shape index (κ2) is 11.6. The number of aromatic nitrogens is 2. The molecular formula is C29H28F2N4O5. The standard InChI is InChI=1S/C29H28F2N4O5/c1-33(2)14-13-18-16-34(3)29(40)35(27(18)37)24-12-5-8-19-17(7-4-9-20(19)24)15-23(28(38)39)32-26(36)25-21(30)10-6-11-22(25)31/h4-12,16,23H,13-15H2,1-3H3,(H,32,36)(H,38,39)/t23-/m0/s1. The van der Waals surface area contributed by atoms with Gasteiger partial charge in [-0.15, -0.1) is 0 Å². The average Bonchev–Trinajstić information content (AvgIpc) is 2.89. The van der Waals surface area contributed by atoms with Crippen LogP contribution in [0.2, 0.25) is 0 Å². The Labute approximate surface area is 227 Å². The van der Waals surface area contributed by atoms with Gasteiger partial charge in [0.15, 0.2) is 0 Å². The summed E-state index contributed by atoms with van der Waals surface area (Å²) >= 11 is 0. The summed E-state index contributed by atoms with van der Waals surface area (Å²) in [5.41, 5.74) is -0.614. The van der Waals surface area contributed by atoms with Gasteiger partial charge >= 0.3 is 11.7 Å². The molecule has 0 saturated heterocycles. The van der Waals surface area contributed by atoms with Crippen LogP contribution in [0.15, 0.2) is 70.4 Å². The number of aryl methyl sites for hydroxylation is 1. The number of hydrogen-bond donors (Lipinski definition) is 2. The van der Waals surface area contributed by atoms with Crippen LogP contribution in [-0.2, 0) is 24.7 Å². The molecule has 0 aliphatic heterocycles. The molecule has 0 aliphatic carbocycles. The number of halogens is 2. The van der Waals surface area contributed by atoms with E-state index in [9.17, 15) is 33.1 Å². The first-order chi connectivity index (χ1) is 19.0. The fraction of sp³-hybridized carbons (Fsp3) is 0.241. The first kappa shape index (κ1) is 28.4. The largest absolute Gasteiger partial charge is 0.480 e. The Balaban J connectivity index is 1.76. The zero-order valence-corrected chi connectivity index (χ0v) is 22.1. The molecule has 0 unspecified atom stereocenters. The van der Waals surface area contributed by atoms with Crippen molar-refractivity contribution in [2.24, 2.45) is 7.05 Å². The minimum atomic E-state index is -1.52. The summed E-state index contributed by atoms with van der Waals surface area (Å²) in [7, 11) is 5.32. The van der Waals surface area contributed by atoms with Gasteiger partial charge in [0.2, 0.25) is 0 Å². The fourth-order valence-corrected chi connectivity index (χ4v) is 4.56. The van der Waals surface area contributed by atoms with Gasteiger partial charge < -0.3 is 19.9 Å². The first-order valence-corrected chi connectivity index (χ1v) is 12.4. The van der Waals surface area contributed by atoms with Crippen LogP contribution < -0.4 is 16.6 Å². The molecule has 1 amide bonds. The second-order valence-corrected chi connectivity index (χ2v) is 9.70. The number of fused-ring (bicyclic) bond motifs is 1. The van der Waals surface area contributed by atoms with E-state index in [0.717, 1.165) is 22.8 Å². The molecule has 2 N–H and O–H groups in total. The number of nitrogens with zero attached hydrogens (tertiary/aromatic N) is 3. The van der Waals surface area contributed by atoms with E-state index < -0.39 is 46.4 Å². The van der Waals surface area contributed by atoms with Crippen molar-refractivity contribution in [3.63, 3.8) is 0 Å². The highest BCUT2D eigenvalue weighted by Gasteiger charge is 2.26. The number of carboxylic acid groups (broad SMARTS) is 1. The van der Waals surface area contributed by atoms with Gasteiger partial charge in [-0.25, -0.2) is 22.9 Å². The SMILES string of the molecule is CN(C)CCc1cn(C)c(=O)n(-c2cccc3c(C[C@H](NC(=O)c4c(F)cccc4F)C(=O)O)cccc23)c1=O. The number of nitrogens with one attached hydrogen (secondary N) is 1. The van der Waals surface area contributed by atoms with Crippen LogP contribution in [0.25, 0.3) is 16.5 Å². The molecule has 40 heavy (non-hydrogen) atoms. The van der Waals surface area contributed by atoms with Gasteiger partial charge in [-0.1, -0.05) is 36.4 Å². The zero-order chi connectivity index (χ0) is 29.1. The van der Waals surface area contributed by atoms with Crippen LogP contribution in [-0.4, -0.2) is 57.7 Å². The third-order valence-corrected chi connectivity index (χ3v) is 6.60. The van der Waals surface area contributed by atoms with E-state index in [1.807, 2.05) is 19.0 Å². The predicted octanol–water partition coefficient (Wildman–Crippen LogP) is 2.50. The minimum absolute atomic E-state index is 0.228. The summed E-state index contributed by atoms with van der Waals surface area (Å²) in [5, 5.41) is 13.1. The molecule has 0 saturated carbocycles. The molecule has 0 aliphatic rings. The van der Waals surface area contributed by atoms with E-state index in [-0.39, 0.29) is 6.42 Å². The van der Waals surface area contributed by atoms with Crippen molar-refractivity contribution in [2.75, 3.05) is 20.6 Å². The van der Waals surface area contributed by atoms with Crippen molar-refractivity contribution < 1.29 is 23.5 Å². The summed E-state index contributed by atoms with van der Waals surface area (Å²) in [5.74, 6) is -4.84. The first-order valence-electron chi connectivity index (χ1n) is 12.4. The molecule has 4 aromatic rings. The summed E-state index contributed by atoms with van der Waals surface area (Å²) in [6.07, 6.45) is 1.73. The number of carbonyl (C=O) groups excluding carboxylic acids is 1. The smallest absolute Gasteiger partial charge is 0.335 e. The van der Waals surface area contributed by atoms with E-state index in [1.54, 1.807) is 43.4 Å². The lowest BCUT2D eigenvalue weighted by Crippen LogP contribution is -2.43. The molecule has 1 heterocycles. The lowest BCUT2D eigenvalue weighted by molar-refractivity contribution is -0.139. The predicted molar refractivity (Wildman–Crippen MR) is 146 cm³/mol. The number of rotatable bonds is 9. The number of carboxylic acids is 1. The van der Waals surface area contributed by atoms with Crippen molar-refractivity contribution in [3.05, 3.63) is 110 Å². The van der Waals surface area contributed by atoms with Crippen LogP contribution in [0.4, 0.5) is 8.78 Å². The maximum atomic E-state index is 14.1. The molecule has 208 valence electrons. The van der Waals surface area contributed by atoms with E-state index in [0.29, 0.717) is 40.6 Å². The van der Waals surface area contributed by atoms with Crippen LogP contribution >= 0.6 is 0 Å². The molecule has 0 spiro atoms. The van der Waals surface area contributed by atoms with E-state index in [4.69, 9.17) is 0 Å². The summed E-state index contributed by atoms with van der Waals surface area (Å²) in [6, 6.07) is 11.3. The Hall–Kier alpha value is -4.64. The van der Waals surface area contributed by atoms with Crippen molar-refractivity contribution in [2.45, 2.75) is 18.9 Å². The van der Waals surface area contributed by atoms with Crippen molar-refractivity contribution >= 4 is 22.6 Å². The highest BCUT2D eigenvalue weighted by molar-refractivity contribution is 5.97. The normalized spacial score (nSPS) is 12.1. The van der Waals surface area contributed by atoms with Crippen LogP contribution in [0, 0.1) is 11.6 Å². The number of likely N-dealkylation sites (N-methyl/N-ethyl adjacent to an activating group) is 1. The third-order valence-electron chi connectivity index (χ3n) is 6.60. The highest BCUT2D eigenvalue weighted by Crippen LogP contribution is 2.25. The Kier molecular flexibility index (Phi) is 8.24.